The number of hydrogen-bond acceptors (Lipinski definition) is 6. The molecule has 1 saturated heterocycles. The third-order valence-electron chi connectivity index (χ3n) is 9.30. The molecule has 7 nitrogen and oxygen atoms in total. The number of aryl methyl sites for hydroxylation is 3. The molecule has 276 valence electrons. The molecule has 1 aliphatic rings. The summed E-state index contributed by atoms with van der Waals surface area (Å²) in [7, 11) is 0. The van der Waals surface area contributed by atoms with Crippen molar-refractivity contribution >= 4 is 24.4 Å². The summed E-state index contributed by atoms with van der Waals surface area (Å²) < 4.78 is 31.0. The van der Waals surface area contributed by atoms with Crippen LogP contribution >= 0.6 is 12.4 Å². The minimum absolute atomic E-state index is 0. The molecule has 1 aliphatic heterocycles. The number of piperazine rings is 1. The molecule has 53 heavy (non-hydrogen) atoms. The van der Waals surface area contributed by atoms with Gasteiger partial charge in [-0.25, -0.2) is 9.37 Å². The Balaban J connectivity index is 0.00000541. The van der Waals surface area contributed by atoms with Crippen LogP contribution in [0.25, 0.3) is 6.08 Å². The van der Waals surface area contributed by atoms with E-state index in [0.717, 1.165) is 53.4 Å². The Hall–Kier alpha value is -5.18. The van der Waals surface area contributed by atoms with Crippen LogP contribution in [0.15, 0.2) is 109 Å². The second kappa shape index (κ2) is 18.5. The van der Waals surface area contributed by atoms with Crippen LogP contribution in [-0.4, -0.2) is 53.5 Å². The van der Waals surface area contributed by atoms with Crippen LogP contribution in [0.2, 0.25) is 0 Å². The monoisotopic (exact) mass is 735 g/mol. The number of ether oxygens (including phenoxy) is 3. The Kier molecular flexibility index (Phi) is 13.7. The van der Waals surface area contributed by atoms with Crippen molar-refractivity contribution in [3.8, 4) is 23.1 Å². The number of amides is 1. The van der Waals surface area contributed by atoms with Gasteiger partial charge < -0.3 is 19.1 Å². The molecule has 1 amide bonds. The average Bonchev–Trinajstić information content (AvgIpc) is 3.16. The second-order valence-electron chi connectivity index (χ2n) is 13.5. The molecule has 6 rings (SSSR count). The van der Waals surface area contributed by atoms with Crippen LogP contribution in [0.1, 0.15) is 51.8 Å². The van der Waals surface area contributed by atoms with E-state index in [0.29, 0.717) is 43.9 Å². The van der Waals surface area contributed by atoms with Gasteiger partial charge in [-0.15, -0.1) is 12.4 Å². The molecule has 5 aromatic rings. The molecule has 0 aliphatic carbocycles. The van der Waals surface area contributed by atoms with Gasteiger partial charge in [-0.2, -0.15) is 0 Å². The number of halogens is 2. The van der Waals surface area contributed by atoms with Crippen molar-refractivity contribution in [2.24, 2.45) is 0 Å². The minimum atomic E-state index is -0.277. The van der Waals surface area contributed by atoms with Gasteiger partial charge >= 0.3 is 0 Å². The van der Waals surface area contributed by atoms with Crippen LogP contribution in [-0.2, 0) is 17.9 Å². The van der Waals surface area contributed by atoms with Gasteiger partial charge in [-0.05, 0) is 103 Å². The van der Waals surface area contributed by atoms with Crippen LogP contribution < -0.4 is 14.2 Å². The van der Waals surface area contributed by atoms with Crippen molar-refractivity contribution in [1.29, 1.82) is 0 Å². The molecule has 1 fully saturated rings. The van der Waals surface area contributed by atoms with Gasteiger partial charge in [0.1, 0.15) is 29.7 Å². The van der Waals surface area contributed by atoms with Crippen molar-refractivity contribution in [3.05, 3.63) is 154 Å². The number of nitrogens with zero attached hydrogens (tertiary/aromatic N) is 3. The van der Waals surface area contributed by atoms with E-state index in [-0.39, 0.29) is 24.1 Å². The molecule has 1 atom stereocenters. The van der Waals surface area contributed by atoms with Crippen molar-refractivity contribution in [2.75, 3.05) is 32.8 Å². The fraction of sp³-hybridized carbons (Fsp3) is 0.273. The third kappa shape index (κ3) is 11.2. The lowest BCUT2D eigenvalue weighted by molar-refractivity contribution is -0.127. The minimum Gasteiger partial charge on any atom is -0.493 e. The van der Waals surface area contributed by atoms with E-state index in [2.05, 4.69) is 60.1 Å². The maximum absolute atomic E-state index is 13.1. The lowest BCUT2D eigenvalue weighted by atomic mass is 10.0. The first-order valence-corrected chi connectivity index (χ1v) is 17.8. The van der Waals surface area contributed by atoms with Crippen LogP contribution in [0, 0.1) is 26.6 Å². The predicted molar refractivity (Wildman–Crippen MR) is 211 cm³/mol. The van der Waals surface area contributed by atoms with Gasteiger partial charge in [-0.1, -0.05) is 61.0 Å². The molecule has 1 unspecified atom stereocenters. The van der Waals surface area contributed by atoms with Crippen LogP contribution in [0.5, 0.6) is 23.1 Å². The van der Waals surface area contributed by atoms with Gasteiger partial charge in [0.2, 0.25) is 11.8 Å². The molecular weight excluding hydrogens is 689 g/mol. The van der Waals surface area contributed by atoms with Gasteiger partial charge in [0, 0.05) is 50.8 Å². The summed E-state index contributed by atoms with van der Waals surface area (Å²) >= 11 is 0. The summed E-state index contributed by atoms with van der Waals surface area (Å²) in [5.41, 5.74) is 7.45. The molecular formula is C44H47ClFN3O4. The van der Waals surface area contributed by atoms with E-state index < -0.39 is 0 Å². The van der Waals surface area contributed by atoms with Gasteiger partial charge in [0.25, 0.3) is 0 Å². The standard InChI is InChI=1S/C44H46FN3O4.ClH/c1-31-5-16-40(17-6-31)50-29-34(4)38-12-7-35(8-13-38)28-47-21-23-48(24-22-47)43(49)20-11-37-25-32(2)44(33(3)26-37)52-42-19-18-41(27-46-42)51-30-36-9-14-39(45)15-10-36;/h5-20,25-27,34H,21-24,28-30H2,1-4H3;1H/b20-11+;. The smallest absolute Gasteiger partial charge is 0.246 e. The molecule has 0 saturated carbocycles. The van der Waals surface area contributed by atoms with E-state index in [1.165, 1.54) is 28.8 Å². The van der Waals surface area contributed by atoms with E-state index in [4.69, 9.17) is 14.2 Å². The molecule has 2 heterocycles. The first kappa shape index (κ1) is 39.0. The zero-order chi connectivity index (χ0) is 36.5. The SMILES string of the molecule is Cc1ccc(OCC(C)c2ccc(CN3CCN(C(=O)/C=C/c4cc(C)c(Oc5ccc(OCc6ccc(F)cc6)cn5)c(C)c4)CC3)cc2)cc1.Cl. The van der Waals surface area contributed by atoms with Crippen LogP contribution in [0.4, 0.5) is 4.39 Å². The van der Waals surface area contributed by atoms with E-state index in [1.54, 1.807) is 36.5 Å². The summed E-state index contributed by atoms with van der Waals surface area (Å²) in [6.45, 7) is 13.1. The van der Waals surface area contributed by atoms with Gasteiger partial charge in [0.05, 0.1) is 12.8 Å². The van der Waals surface area contributed by atoms with Gasteiger partial charge in [0.15, 0.2) is 0 Å². The van der Waals surface area contributed by atoms with Crippen LogP contribution in [0.3, 0.4) is 0 Å². The molecule has 4 aromatic carbocycles. The second-order valence-corrected chi connectivity index (χ2v) is 13.5. The topological polar surface area (TPSA) is 64.1 Å². The maximum Gasteiger partial charge on any atom is 0.246 e. The average molecular weight is 736 g/mol. The summed E-state index contributed by atoms with van der Waals surface area (Å²) in [6.07, 6.45) is 5.15. The number of rotatable bonds is 13. The first-order valence-electron chi connectivity index (χ1n) is 17.8. The molecule has 0 bridgehead atoms. The molecule has 1 aromatic heterocycles. The van der Waals surface area contributed by atoms with E-state index >= 15 is 0 Å². The molecule has 0 spiro atoms. The Labute approximate surface area is 318 Å². The summed E-state index contributed by atoms with van der Waals surface area (Å²) in [4.78, 5) is 21.8. The number of carbonyl (C=O) groups excluding carboxylic acids is 1. The van der Waals surface area contributed by atoms with Crippen molar-refractivity contribution in [1.82, 2.24) is 14.8 Å². The largest absolute Gasteiger partial charge is 0.493 e. The molecule has 0 N–H and O–H groups in total. The summed E-state index contributed by atoms with van der Waals surface area (Å²) in [6, 6.07) is 30.8. The fourth-order valence-electron chi connectivity index (χ4n) is 6.17. The van der Waals surface area contributed by atoms with E-state index in [9.17, 15) is 9.18 Å². The summed E-state index contributed by atoms with van der Waals surface area (Å²) in [5.74, 6) is 2.70. The maximum atomic E-state index is 13.1. The molecule has 9 heteroatoms. The first-order chi connectivity index (χ1) is 25.2. The fourth-order valence-corrected chi connectivity index (χ4v) is 6.17. The Morgan fingerprint density at radius 2 is 1.45 bits per heavy atom. The lowest BCUT2D eigenvalue weighted by Gasteiger charge is -2.34. The van der Waals surface area contributed by atoms with Crippen molar-refractivity contribution in [2.45, 2.75) is 46.8 Å². The number of carbonyl (C=O) groups is 1. The normalized spacial score (nSPS) is 13.7. The van der Waals surface area contributed by atoms with Gasteiger partial charge in [-0.3, -0.25) is 9.69 Å². The van der Waals surface area contributed by atoms with E-state index in [1.807, 2.05) is 49.1 Å². The summed E-state index contributed by atoms with van der Waals surface area (Å²) in [5, 5.41) is 0. The lowest BCUT2D eigenvalue weighted by Crippen LogP contribution is -2.47. The highest BCUT2D eigenvalue weighted by Gasteiger charge is 2.20. The highest BCUT2D eigenvalue weighted by molar-refractivity contribution is 5.92. The predicted octanol–water partition coefficient (Wildman–Crippen LogP) is 9.48. The number of benzene rings is 4. The quantitative estimate of drug-likeness (QED) is 0.112. The number of pyridine rings is 1. The zero-order valence-corrected chi connectivity index (χ0v) is 31.6. The number of aromatic nitrogens is 1. The zero-order valence-electron chi connectivity index (χ0n) is 30.8. The Morgan fingerprint density at radius 3 is 2.09 bits per heavy atom. The van der Waals surface area contributed by atoms with Crippen molar-refractivity contribution in [3.63, 3.8) is 0 Å². The highest BCUT2D eigenvalue weighted by Crippen LogP contribution is 2.30. The Bertz CT molecular complexity index is 1940. The van der Waals surface area contributed by atoms with Crippen molar-refractivity contribution < 1.29 is 23.4 Å². The highest BCUT2D eigenvalue weighted by atomic mass is 35.5. The number of hydrogen-bond donors (Lipinski definition) is 0. The molecule has 0 radical (unpaired) electrons. The third-order valence-corrected chi connectivity index (χ3v) is 9.30. The Morgan fingerprint density at radius 1 is 0.811 bits per heavy atom.